The number of halogens is 1. The highest BCUT2D eigenvalue weighted by Gasteiger charge is 2.06. The van der Waals surface area contributed by atoms with Crippen molar-refractivity contribution in [3.8, 4) is 5.88 Å². The first-order valence-corrected chi connectivity index (χ1v) is 6.67. The number of nitrogens with zero attached hydrogens (tertiary/aromatic N) is 2. The molecule has 0 aliphatic rings. The number of hydrogen-bond donors (Lipinski definition) is 0. The smallest absolute Gasteiger partial charge is 0.225 e. The van der Waals surface area contributed by atoms with Crippen LogP contribution in [0.15, 0.2) is 6.07 Å². The number of hydrogen-bond acceptors (Lipinski definition) is 3. The molecule has 0 amide bonds. The normalized spacial score (nSPS) is 12.5. The first-order chi connectivity index (χ1) is 8.11. The van der Waals surface area contributed by atoms with Crippen LogP contribution in [0.25, 0.3) is 0 Å². The van der Waals surface area contributed by atoms with E-state index in [1.165, 1.54) is 25.7 Å². The molecule has 1 aromatic heterocycles. The standard InChI is InChI=1S/C13H21ClN2O/c1-4-5-6-7-8-11(3)17-12-9-10(2)15-13(14)16-12/h9,11H,4-8H2,1-3H3. The molecular weight excluding hydrogens is 236 g/mol. The van der Waals surface area contributed by atoms with Gasteiger partial charge >= 0.3 is 0 Å². The summed E-state index contributed by atoms with van der Waals surface area (Å²) in [5.74, 6) is 0.575. The molecule has 1 rings (SSSR count). The number of aromatic nitrogens is 2. The van der Waals surface area contributed by atoms with E-state index in [1.54, 1.807) is 0 Å². The highest BCUT2D eigenvalue weighted by molar-refractivity contribution is 6.28. The molecule has 0 radical (unpaired) electrons. The van der Waals surface area contributed by atoms with Gasteiger partial charge in [0, 0.05) is 11.8 Å². The summed E-state index contributed by atoms with van der Waals surface area (Å²) in [6.45, 7) is 6.16. The van der Waals surface area contributed by atoms with Gasteiger partial charge in [0.2, 0.25) is 11.2 Å². The molecule has 96 valence electrons. The number of ether oxygens (including phenoxy) is 1. The van der Waals surface area contributed by atoms with E-state index in [0.29, 0.717) is 5.88 Å². The Morgan fingerprint density at radius 2 is 2.06 bits per heavy atom. The van der Waals surface area contributed by atoms with Gasteiger partial charge in [-0.05, 0) is 38.3 Å². The first kappa shape index (κ1) is 14.2. The fourth-order valence-electron chi connectivity index (χ4n) is 1.69. The highest BCUT2D eigenvalue weighted by Crippen LogP contribution is 2.16. The van der Waals surface area contributed by atoms with Crippen molar-refractivity contribution in [1.29, 1.82) is 0 Å². The summed E-state index contributed by atoms with van der Waals surface area (Å²) in [5.41, 5.74) is 0.832. The third kappa shape index (κ3) is 5.87. The van der Waals surface area contributed by atoms with Gasteiger partial charge < -0.3 is 4.74 Å². The lowest BCUT2D eigenvalue weighted by molar-refractivity contribution is 0.197. The maximum absolute atomic E-state index is 5.78. The van der Waals surface area contributed by atoms with Crippen LogP contribution in [0.3, 0.4) is 0 Å². The van der Waals surface area contributed by atoms with Crippen LogP contribution in [0.2, 0.25) is 5.28 Å². The van der Waals surface area contributed by atoms with E-state index >= 15 is 0 Å². The van der Waals surface area contributed by atoms with Crippen molar-refractivity contribution in [2.24, 2.45) is 0 Å². The van der Waals surface area contributed by atoms with Gasteiger partial charge in [-0.25, -0.2) is 4.98 Å². The van der Waals surface area contributed by atoms with Crippen molar-refractivity contribution in [3.05, 3.63) is 17.0 Å². The zero-order valence-corrected chi connectivity index (χ0v) is 11.6. The Kier molecular flexibility index (Phi) is 6.27. The van der Waals surface area contributed by atoms with Crippen LogP contribution in [-0.4, -0.2) is 16.1 Å². The minimum Gasteiger partial charge on any atom is -0.475 e. The van der Waals surface area contributed by atoms with Gasteiger partial charge in [0.1, 0.15) is 0 Å². The second-order valence-corrected chi connectivity index (χ2v) is 4.73. The lowest BCUT2D eigenvalue weighted by Gasteiger charge is -2.13. The summed E-state index contributed by atoms with van der Waals surface area (Å²) >= 11 is 5.78. The highest BCUT2D eigenvalue weighted by atomic mass is 35.5. The molecule has 0 bridgehead atoms. The zero-order chi connectivity index (χ0) is 12.7. The monoisotopic (exact) mass is 256 g/mol. The van der Waals surface area contributed by atoms with Gasteiger partial charge in [-0.15, -0.1) is 0 Å². The molecule has 1 heterocycles. The van der Waals surface area contributed by atoms with Crippen molar-refractivity contribution in [1.82, 2.24) is 9.97 Å². The predicted molar refractivity (Wildman–Crippen MR) is 70.6 cm³/mol. The first-order valence-electron chi connectivity index (χ1n) is 6.29. The Balaban J connectivity index is 2.36. The van der Waals surface area contributed by atoms with Gasteiger partial charge in [0.25, 0.3) is 0 Å². The fraction of sp³-hybridized carbons (Fsp3) is 0.692. The van der Waals surface area contributed by atoms with Gasteiger partial charge in [0.05, 0.1) is 6.10 Å². The molecule has 3 nitrogen and oxygen atoms in total. The van der Waals surface area contributed by atoms with Crippen LogP contribution in [0.4, 0.5) is 0 Å². The van der Waals surface area contributed by atoms with E-state index < -0.39 is 0 Å². The molecule has 1 atom stereocenters. The van der Waals surface area contributed by atoms with Gasteiger partial charge in [0.15, 0.2) is 0 Å². The van der Waals surface area contributed by atoms with E-state index in [0.717, 1.165) is 12.1 Å². The van der Waals surface area contributed by atoms with E-state index in [-0.39, 0.29) is 11.4 Å². The molecule has 4 heteroatoms. The van der Waals surface area contributed by atoms with Crippen LogP contribution in [0.5, 0.6) is 5.88 Å². The fourth-order valence-corrected chi connectivity index (χ4v) is 1.91. The lowest BCUT2D eigenvalue weighted by atomic mass is 10.1. The Morgan fingerprint density at radius 3 is 2.71 bits per heavy atom. The second-order valence-electron chi connectivity index (χ2n) is 4.39. The summed E-state index contributed by atoms with van der Waals surface area (Å²) in [5, 5.41) is 0.248. The van der Waals surface area contributed by atoms with E-state index in [9.17, 15) is 0 Å². The van der Waals surface area contributed by atoms with Crippen LogP contribution >= 0.6 is 11.6 Å². The van der Waals surface area contributed by atoms with Crippen molar-refractivity contribution < 1.29 is 4.74 Å². The summed E-state index contributed by atoms with van der Waals surface area (Å²) in [6.07, 6.45) is 6.26. The second kappa shape index (κ2) is 7.49. The molecule has 1 unspecified atom stereocenters. The quantitative estimate of drug-likeness (QED) is 0.542. The maximum atomic E-state index is 5.78. The molecule has 1 aromatic rings. The van der Waals surface area contributed by atoms with E-state index in [2.05, 4.69) is 23.8 Å². The van der Waals surface area contributed by atoms with E-state index in [4.69, 9.17) is 16.3 Å². The van der Waals surface area contributed by atoms with Crippen LogP contribution in [-0.2, 0) is 0 Å². The molecule has 0 N–H and O–H groups in total. The Morgan fingerprint density at radius 1 is 1.29 bits per heavy atom. The minimum atomic E-state index is 0.178. The number of aryl methyl sites for hydroxylation is 1. The largest absolute Gasteiger partial charge is 0.475 e. The maximum Gasteiger partial charge on any atom is 0.225 e. The van der Waals surface area contributed by atoms with Crippen molar-refractivity contribution >= 4 is 11.6 Å². The lowest BCUT2D eigenvalue weighted by Crippen LogP contribution is -2.12. The Labute approximate surface area is 109 Å². The zero-order valence-electron chi connectivity index (χ0n) is 10.9. The summed E-state index contributed by atoms with van der Waals surface area (Å²) in [4.78, 5) is 8.05. The molecule has 0 saturated heterocycles. The third-order valence-corrected chi connectivity index (χ3v) is 2.76. The third-order valence-electron chi connectivity index (χ3n) is 2.59. The van der Waals surface area contributed by atoms with Crippen LogP contribution < -0.4 is 4.74 Å². The summed E-state index contributed by atoms with van der Waals surface area (Å²) < 4.78 is 5.72. The van der Waals surface area contributed by atoms with Gasteiger partial charge in [-0.2, -0.15) is 4.98 Å². The van der Waals surface area contributed by atoms with Crippen molar-refractivity contribution in [2.75, 3.05) is 0 Å². The molecule has 17 heavy (non-hydrogen) atoms. The SMILES string of the molecule is CCCCCCC(C)Oc1cc(C)nc(Cl)n1. The summed E-state index contributed by atoms with van der Waals surface area (Å²) in [6, 6.07) is 1.81. The molecular formula is C13H21ClN2O. The Bertz CT molecular complexity index is 324. The van der Waals surface area contributed by atoms with Crippen molar-refractivity contribution in [3.63, 3.8) is 0 Å². The number of unbranched alkanes of at least 4 members (excludes halogenated alkanes) is 3. The molecule has 0 saturated carbocycles. The Hall–Kier alpha value is -0.830. The molecule has 0 aromatic carbocycles. The predicted octanol–water partition coefficient (Wildman–Crippen LogP) is 4.18. The summed E-state index contributed by atoms with van der Waals surface area (Å²) in [7, 11) is 0. The molecule has 0 aliphatic carbocycles. The van der Waals surface area contributed by atoms with Crippen LogP contribution in [0.1, 0.15) is 51.6 Å². The van der Waals surface area contributed by atoms with Crippen LogP contribution in [0, 0.1) is 6.92 Å². The van der Waals surface area contributed by atoms with Gasteiger partial charge in [-0.3, -0.25) is 0 Å². The molecule has 0 fully saturated rings. The molecule has 0 aliphatic heterocycles. The topological polar surface area (TPSA) is 35.0 Å². The van der Waals surface area contributed by atoms with E-state index in [1.807, 2.05) is 13.0 Å². The minimum absolute atomic E-state index is 0.178. The average Bonchev–Trinajstić information content (AvgIpc) is 2.23. The molecule has 0 spiro atoms. The average molecular weight is 257 g/mol. The van der Waals surface area contributed by atoms with Crippen molar-refractivity contribution in [2.45, 2.75) is 59.0 Å². The van der Waals surface area contributed by atoms with Gasteiger partial charge in [-0.1, -0.05) is 26.2 Å². The number of rotatable bonds is 7.